The highest BCUT2D eigenvalue weighted by atomic mass is 19.1. The highest BCUT2D eigenvalue weighted by Gasteiger charge is 2.29. The number of anilines is 1. The van der Waals surface area contributed by atoms with Crippen LogP contribution in [0.15, 0.2) is 24.3 Å². The van der Waals surface area contributed by atoms with Crippen LogP contribution in [-0.2, 0) is 14.3 Å². The lowest BCUT2D eigenvalue weighted by Crippen LogP contribution is -2.54. The zero-order chi connectivity index (χ0) is 20.8. The first-order valence-electron chi connectivity index (χ1n) is 8.76. The van der Waals surface area contributed by atoms with Gasteiger partial charge >= 0.3 is 6.09 Å². The number of para-hydroxylation sites is 1. The Labute approximate surface area is 159 Å². The third-order valence-corrected chi connectivity index (χ3v) is 3.51. The van der Waals surface area contributed by atoms with Crippen LogP contribution in [0.1, 0.15) is 41.5 Å². The number of benzene rings is 1. The molecule has 8 heteroatoms. The molecule has 150 valence electrons. The summed E-state index contributed by atoms with van der Waals surface area (Å²) in [6.45, 7) is 10.1. The van der Waals surface area contributed by atoms with Gasteiger partial charge in [0.2, 0.25) is 11.8 Å². The second-order valence-electron chi connectivity index (χ2n) is 7.57. The summed E-state index contributed by atoms with van der Waals surface area (Å²) in [7, 11) is 0. The number of ether oxygens (including phenoxy) is 1. The molecule has 2 atom stereocenters. The Balaban J connectivity index is 2.70. The minimum Gasteiger partial charge on any atom is -0.444 e. The molecular weight excluding hydrogens is 353 g/mol. The van der Waals surface area contributed by atoms with Gasteiger partial charge in [0.1, 0.15) is 23.5 Å². The van der Waals surface area contributed by atoms with E-state index in [1.807, 2.05) is 0 Å². The van der Waals surface area contributed by atoms with E-state index in [2.05, 4.69) is 16.0 Å². The van der Waals surface area contributed by atoms with Gasteiger partial charge in [-0.15, -0.1) is 0 Å². The molecule has 1 aromatic rings. The molecule has 0 heterocycles. The number of alkyl carbamates (subject to hydrolysis) is 1. The summed E-state index contributed by atoms with van der Waals surface area (Å²) in [5.74, 6) is -1.92. The molecule has 0 aliphatic rings. The zero-order valence-electron chi connectivity index (χ0n) is 16.6. The van der Waals surface area contributed by atoms with E-state index >= 15 is 0 Å². The molecule has 0 fully saturated rings. The Morgan fingerprint density at radius 3 is 2.11 bits per heavy atom. The zero-order valence-corrected chi connectivity index (χ0v) is 16.6. The van der Waals surface area contributed by atoms with Crippen LogP contribution in [0.3, 0.4) is 0 Å². The lowest BCUT2D eigenvalue weighted by atomic mass is 10.0. The highest BCUT2D eigenvalue weighted by molar-refractivity contribution is 5.98. The maximum atomic E-state index is 13.6. The molecule has 27 heavy (non-hydrogen) atoms. The average Bonchev–Trinajstić information content (AvgIpc) is 2.52. The average molecular weight is 381 g/mol. The number of rotatable bonds is 6. The van der Waals surface area contributed by atoms with Gasteiger partial charge in [-0.05, 0) is 45.7 Å². The second-order valence-corrected chi connectivity index (χ2v) is 7.57. The molecule has 1 aromatic carbocycles. The molecular formula is C19H28FN3O4. The number of carbonyl (C=O) groups excluding carboxylic acids is 3. The standard InChI is InChI=1S/C19H28FN3O4/c1-11(2)15(23-18(26)27-19(4,5)6)17(25)21-12(3)16(24)22-14-10-8-7-9-13(14)20/h7-12,15H,1-6H3,(H,21,25)(H,22,24)(H,23,26). The van der Waals surface area contributed by atoms with Crippen molar-refractivity contribution in [2.45, 2.75) is 59.2 Å². The molecule has 0 bridgehead atoms. The SMILES string of the molecule is CC(NC(=O)C(NC(=O)OC(C)(C)C)C(C)C)C(=O)Nc1ccccc1F. The Morgan fingerprint density at radius 2 is 1.59 bits per heavy atom. The maximum absolute atomic E-state index is 13.6. The molecule has 0 aliphatic heterocycles. The summed E-state index contributed by atoms with van der Waals surface area (Å²) >= 11 is 0. The van der Waals surface area contributed by atoms with E-state index in [0.29, 0.717) is 0 Å². The lowest BCUT2D eigenvalue weighted by Gasteiger charge is -2.26. The van der Waals surface area contributed by atoms with Crippen LogP contribution in [0.25, 0.3) is 0 Å². The van der Waals surface area contributed by atoms with E-state index in [-0.39, 0.29) is 11.6 Å². The second kappa shape index (κ2) is 9.34. The van der Waals surface area contributed by atoms with Crippen LogP contribution in [0.4, 0.5) is 14.9 Å². The molecule has 3 N–H and O–H groups in total. The van der Waals surface area contributed by atoms with Crippen molar-refractivity contribution in [1.82, 2.24) is 10.6 Å². The maximum Gasteiger partial charge on any atom is 0.408 e. The van der Waals surface area contributed by atoms with Gasteiger partial charge in [0, 0.05) is 0 Å². The van der Waals surface area contributed by atoms with Crippen LogP contribution in [0.5, 0.6) is 0 Å². The number of halogens is 1. The first kappa shape index (κ1) is 22.4. The molecule has 0 saturated heterocycles. The van der Waals surface area contributed by atoms with Gasteiger partial charge in [0.15, 0.2) is 0 Å². The van der Waals surface area contributed by atoms with E-state index in [1.54, 1.807) is 40.7 Å². The first-order valence-corrected chi connectivity index (χ1v) is 8.76. The van der Waals surface area contributed by atoms with Crippen LogP contribution in [-0.4, -0.2) is 35.6 Å². The van der Waals surface area contributed by atoms with Crippen molar-refractivity contribution in [3.8, 4) is 0 Å². The largest absolute Gasteiger partial charge is 0.444 e. The predicted octanol–water partition coefficient (Wildman–Crippen LogP) is 2.82. The third kappa shape index (κ3) is 7.64. The molecule has 0 spiro atoms. The molecule has 3 amide bonds. The van der Waals surface area contributed by atoms with Gasteiger partial charge in [0.25, 0.3) is 0 Å². The first-order chi connectivity index (χ1) is 12.4. The third-order valence-electron chi connectivity index (χ3n) is 3.51. The Kier molecular flexibility index (Phi) is 7.75. The van der Waals surface area contributed by atoms with E-state index in [0.717, 1.165) is 0 Å². The molecule has 7 nitrogen and oxygen atoms in total. The van der Waals surface area contributed by atoms with Crippen molar-refractivity contribution in [3.63, 3.8) is 0 Å². The van der Waals surface area contributed by atoms with Crippen molar-refractivity contribution >= 4 is 23.6 Å². The van der Waals surface area contributed by atoms with Gasteiger partial charge in [-0.2, -0.15) is 0 Å². The smallest absolute Gasteiger partial charge is 0.408 e. The monoisotopic (exact) mass is 381 g/mol. The summed E-state index contributed by atoms with van der Waals surface area (Å²) in [5, 5.41) is 7.45. The summed E-state index contributed by atoms with van der Waals surface area (Å²) < 4.78 is 18.8. The van der Waals surface area contributed by atoms with Crippen molar-refractivity contribution in [1.29, 1.82) is 0 Å². The van der Waals surface area contributed by atoms with Crippen LogP contribution in [0.2, 0.25) is 0 Å². The van der Waals surface area contributed by atoms with E-state index in [4.69, 9.17) is 4.74 Å². The number of carbonyl (C=O) groups is 3. The van der Waals surface area contributed by atoms with Gasteiger partial charge in [-0.1, -0.05) is 26.0 Å². The minimum atomic E-state index is -0.932. The van der Waals surface area contributed by atoms with Crippen molar-refractivity contribution in [2.75, 3.05) is 5.32 Å². The van der Waals surface area contributed by atoms with E-state index in [9.17, 15) is 18.8 Å². The van der Waals surface area contributed by atoms with Crippen LogP contribution in [0, 0.1) is 11.7 Å². The number of hydrogen-bond donors (Lipinski definition) is 3. The summed E-state index contributed by atoms with van der Waals surface area (Å²) in [5.41, 5.74) is -0.675. The van der Waals surface area contributed by atoms with E-state index < -0.39 is 41.4 Å². The van der Waals surface area contributed by atoms with E-state index in [1.165, 1.54) is 25.1 Å². The molecule has 0 aromatic heterocycles. The highest BCUT2D eigenvalue weighted by Crippen LogP contribution is 2.13. The van der Waals surface area contributed by atoms with Gasteiger partial charge in [0.05, 0.1) is 5.69 Å². The normalized spacial score (nSPS) is 13.5. The van der Waals surface area contributed by atoms with Crippen LogP contribution < -0.4 is 16.0 Å². The fourth-order valence-corrected chi connectivity index (χ4v) is 2.14. The summed E-state index contributed by atoms with van der Waals surface area (Å²) in [4.78, 5) is 36.6. The Morgan fingerprint density at radius 1 is 1.00 bits per heavy atom. The number of nitrogens with one attached hydrogen (secondary N) is 3. The molecule has 0 aliphatic carbocycles. The van der Waals surface area contributed by atoms with Crippen molar-refractivity contribution in [2.24, 2.45) is 5.92 Å². The summed E-state index contributed by atoms with van der Waals surface area (Å²) in [6, 6.07) is 3.91. The number of hydrogen-bond acceptors (Lipinski definition) is 4. The molecule has 2 unspecified atom stereocenters. The fraction of sp³-hybridized carbons (Fsp3) is 0.526. The fourth-order valence-electron chi connectivity index (χ4n) is 2.14. The predicted molar refractivity (Wildman–Crippen MR) is 101 cm³/mol. The molecule has 1 rings (SSSR count). The number of amides is 3. The molecule has 0 radical (unpaired) electrons. The van der Waals surface area contributed by atoms with Gasteiger partial charge in [-0.3, -0.25) is 9.59 Å². The lowest BCUT2D eigenvalue weighted by molar-refractivity contribution is -0.128. The van der Waals surface area contributed by atoms with Crippen molar-refractivity contribution < 1.29 is 23.5 Å². The Hall–Kier alpha value is -2.64. The topological polar surface area (TPSA) is 96.5 Å². The minimum absolute atomic E-state index is 0.0240. The van der Waals surface area contributed by atoms with Gasteiger partial charge in [-0.25, -0.2) is 9.18 Å². The summed E-state index contributed by atoms with van der Waals surface area (Å²) in [6.07, 6.45) is -0.722. The van der Waals surface area contributed by atoms with Gasteiger partial charge < -0.3 is 20.7 Å². The van der Waals surface area contributed by atoms with Crippen LogP contribution >= 0.6 is 0 Å². The van der Waals surface area contributed by atoms with Crippen molar-refractivity contribution in [3.05, 3.63) is 30.1 Å². The Bertz CT molecular complexity index is 686. The quantitative estimate of drug-likeness (QED) is 0.706. The molecule has 0 saturated carbocycles.